The normalized spacial score (nSPS) is 17.4. The molecule has 1 aromatic heterocycles. The van der Waals surface area contributed by atoms with Crippen LogP contribution < -0.4 is 4.74 Å². The molecule has 1 aromatic carbocycles. The van der Waals surface area contributed by atoms with Crippen molar-refractivity contribution in [2.75, 3.05) is 32.2 Å². The highest BCUT2D eigenvalue weighted by molar-refractivity contribution is 9.09. The fourth-order valence-corrected chi connectivity index (χ4v) is 4.93. The number of carbonyl (C=O) groups is 1. The third kappa shape index (κ3) is 3.89. The molecule has 1 fully saturated rings. The smallest absolute Gasteiger partial charge is 0.275 e. The number of hydrogen-bond donors (Lipinski definition) is 1. The van der Waals surface area contributed by atoms with Crippen LogP contribution in [0.15, 0.2) is 12.1 Å². The molecular formula is C23H30BrN3O3. The number of alkyl halides is 1. The van der Waals surface area contributed by atoms with Crippen LogP contribution in [-0.4, -0.2) is 58.7 Å². The molecule has 2 aromatic rings. The van der Waals surface area contributed by atoms with Crippen molar-refractivity contribution in [2.45, 2.75) is 51.5 Å². The van der Waals surface area contributed by atoms with E-state index in [9.17, 15) is 4.79 Å². The van der Waals surface area contributed by atoms with Gasteiger partial charge in [0.15, 0.2) is 5.69 Å². The summed E-state index contributed by atoms with van der Waals surface area (Å²) in [5, 5.41) is 8.68. The number of carbonyl (C=O) groups excluding carboxylic acids is 1. The number of nitrogens with zero attached hydrogens (tertiary/aromatic N) is 2. The number of ether oxygens (including phenoxy) is 2. The molecule has 162 valence electrons. The second kappa shape index (κ2) is 8.71. The van der Waals surface area contributed by atoms with Crippen LogP contribution in [0.25, 0.3) is 11.3 Å². The Morgan fingerprint density at radius 1 is 1.33 bits per heavy atom. The average Bonchev–Trinajstić information content (AvgIpc) is 3.17. The standard InChI is InChI=1S/C23H30BrN3O3/c1-23(2)14-30-11-10-27(23)22(28)21-17-8-7-15-13-19(29-3)16(6-4-5-9-24)12-18(15)20(17)25-26-21/h12-13H,4-11,14H2,1-3H3,(H,25,26). The molecule has 2 heterocycles. The molecule has 1 aliphatic heterocycles. The minimum absolute atomic E-state index is 0.00435. The van der Waals surface area contributed by atoms with Gasteiger partial charge in [0.25, 0.3) is 5.91 Å². The molecule has 2 aliphatic rings. The van der Waals surface area contributed by atoms with Crippen LogP contribution in [0.1, 0.15) is 53.9 Å². The minimum atomic E-state index is -0.330. The van der Waals surface area contributed by atoms with Crippen LogP contribution in [0.2, 0.25) is 0 Å². The fraction of sp³-hybridized carbons (Fsp3) is 0.565. The van der Waals surface area contributed by atoms with Crippen LogP contribution in [0, 0.1) is 0 Å². The van der Waals surface area contributed by atoms with E-state index in [1.165, 1.54) is 11.1 Å². The Morgan fingerprint density at radius 2 is 2.17 bits per heavy atom. The molecule has 7 heteroatoms. The van der Waals surface area contributed by atoms with Crippen LogP contribution in [-0.2, 0) is 24.0 Å². The van der Waals surface area contributed by atoms with Crippen LogP contribution in [0.5, 0.6) is 5.75 Å². The maximum Gasteiger partial charge on any atom is 0.275 e. The second-order valence-electron chi connectivity index (χ2n) is 8.71. The van der Waals surface area contributed by atoms with E-state index in [0.29, 0.717) is 25.5 Å². The second-order valence-corrected chi connectivity index (χ2v) is 9.51. The molecule has 1 N–H and O–H groups in total. The third-order valence-electron chi connectivity index (χ3n) is 6.21. The Morgan fingerprint density at radius 3 is 2.90 bits per heavy atom. The van der Waals surface area contributed by atoms with Crippen molar-refractivity contribution in [3.05, 3.63) is 34.5 Å². The number of benzene rings is 1. The lowest BCUT2D eigenvalue weighted by molar-refractivity contribution is -0.0373. The largest absolute Gasteiger partial charge is 0.496 e. The van der Waals surface area contributed by atoms with Gasteiger partial charge in [-0.1, -0.05) is 15.9 Å². The average molecular weight is 476 g/mol. The Balaban J connectivity index is 1.68. The summed E-state index contributed by atoms with van der Waals surface area (Å²) >= 11 is 3.51. The topological polar surface area (TPSA) is 67.5 Å². The van der Waals surface area contributed by atoms with Gasteiger partial charge in [0, 0.05) is 23.0 Å². The molecule has 0 bridgehead atoms. The van der Waals surface area contributed by atoms with Crippen molar-refractivity contribution in [3.8, 4) is 17.0 Å². The lowest BCUT2D eigenvalue weighted by Gasteiger charge is -2.41. The monoisotopic (exact) mass is 475 g/mol. The third-order valence-corrected chi connectivity index (χ3v) is 6.77. The van der Waals surface area contributed by atoms with Gasteiger partial charge in [-0.3, -0.25) is 9.89 Å². The number of amides is 1. The molecule has 0 spiro atoms. The quantitative estimate of drug-likeness (QED) is 0.503. The summed E-state index contributed by atoms with van der Waals surface area (Å²) in [4.78, 5) is 15.3. The first-order valence-electron chi connectivity index (χ1n) is 10.7. The molecule has 1 amide bonds. The number of aryl methyl sites for hydroxylation is 2. The molecule has 1 aliphatic carbocycles. The maximum atomic E-state index is 13.4. The molecule has 30 heavy (non-hydrogen) atoms. The molecule has 0 radical (unpaired) electrons. The zero-order chi connectivity index (χ0) is 21.3. The number of H-pyrrole nitrogens is 1. The number of rotatable bonds is 6. The zero-order valence-electron chi connectivity index (χ0n) is 18.0. The van der Waals surface area contributed by atoms with Crippen LogP contribution >= 0.6 is 15.9 Å². The van der Waals surface area contributed by atoms with Crippen LogP contribution in [0.4, 0.5) is 0 Å². The van der Waals surface area contributed by atoms with E-state index in [-0.39, 0.29) is 11.4 Å². The van der Waals surface area contributed by atoms with E-state index >= 15 is 0 Å². The maximum absolute atomic E-state index is 13.4. The van der Waals surface area contributed by atoms with Crippen molar-refractivity contribution in [3.63, 3.8) is 0 Å². The number of halogens is 1. The lowest BCUT2D eigenvalue weighted by Crippen LogP contribution is -2.55. The first kappa shape index (κ1) is 21.4. The van der Waals surface area contributed by atoms with E-state index < -0.39 is 0 Å². The van der Waals surface area contributed by atoms with Gasteiger partial charge in [-0.15, -0.1) is 0 Å². The molecule has 1 saturated heterocycles. The summed E-state index contributed by atoms with van der Waals surface area (Å²) < 4.78 is 11.2. The van der Waals surface area contributed by atoms with Crippen molar-refractivity contribution in [1.29, 1.82) is 0 Å². The highest BCUT2D eigenvalue weighted by Gasteiger charge is 2.37. The number of morpholine rings is 1. The Bertz CT molecular complexity index is 938. The van der Waals surface area contributed by atoms with Gasteiger partial charge in [0.05, 0.1) is 31.6 Å². The van der Waals surface area contributed by atoms with Gasteiger partial charge >= 0.3 is 0 Å². The number of aromatic amines is 1. The minimum Gasteiger partial charge on any atom is -0.496 e. The Kier molecular flexibility index (Phi) is 6.21. The zero-order valence-corrected chi connectivity index (χ0v) is 19.6. The van der Waals surface area contributed by atoms with Gasteiger partial charge in [-0.05, 0) is 69.2 Å². The number of nitrogens with one attached hydrogen (secondary N) is 1. The van der Waals surface area contributed by atoms with Crippen molar-refractivity contribution in [2.24, 2.45) is 0 Å². The van der Waals surface area contributed by atoms with Gasteiger partial charge in [0.2, 0.25) is 0 Å². The van der Waals surface area contributed by atoms with Crippen LogP contribution in [0.3, 0.4) is 0 Å². The van der Waals surface area contributed by atoms with Crippen molar-refractivity contribution < 1.29 is 14.3 Å². The fourth-order valence-electron chi connectivity index (χ4n) is 4.53. The van der Waals surface area contributed by atoms with Crippen molar-refractivity contribution >= 4 is 21.8 Å². The van der Waals surface area contributed by atoms with Gasteiger partial charge < -0.3 is 14.4 Å². The SMILES string of the molecule is COc1cc2c(cc1CCCCBr)-c1[nH]nc(C(=O)N3CCOCC3(C)C)c1CC2. The molecule has 0 atom stereocenters. The Hall–Kier alpha value is -1.86. The molecule has 0 unspecified atom stereocenters. The highest BCUT2D eigenvalue weighted by Crippen LogP contribution is 2.38. The number of unbranched alkanes of at least 4 members (excludes halogenated alkanes) is 1. The number of methoxy groups -OCH3 is 1. The summed E-state index contributed by atoms with van der Waals surface area (Å²) in [6, 6.07) is 4.39. The van der Waals surface area contributed by atoms with E-state index in [1.807, 2.05) is 18.7 Å². The Labute approximate surface area is 186 Å². The summed E-state index contributed by atoms with van der Waals surface area (Å²) in [5.74, 6) is 0.952. The highest BCUT2D eigenvalue weighted by atomic mass is 79.9. The van der Waals surface area contributed by atoms with E-state index in [0.717, 1.165) is 60.0 Å². The predicted molar refractivity (Wildman–Crippen MR) is 121 cm³/mol. The summed E-state index contributed by atoms with van der Waals surface area (Å²) in [7, 11) is 1.74. The molecule has 0 saturated carbocycles. The number of hydrogen-bond acceptors (Lipinski definition) is 4. The van der Waals surface area contributed by atoms with Gasteiger partial charge in [0.1, 0.15) is 5.75 Å². The first-order chi connectivity index (χ1) is 14.5. The van der Waals surface area contributed by atoms with Gasteiger partial charge in [-0.25, -0.2) is 0 Å². The predicted octanol–water partition coefficient (Wildman–Crippen LogP) is 4.15. The molecular weight excluding hydrogens is 446 g/mol. The van der Waals surface area contributed by atoms with E-state index in [2.05, 4.69) is 38.3 Å². The number of fused-ring (bicyclic) bond motifs is 3. The van der Waals surface area contributed by atoms with Crippen molar-refractivity contribution in [1.82, 2.24) is 15.1 Å². The summed E-state index contributed by atoms with van der Waals surface area (Å²) in [6.07, 6.45) is 4.89. The molecule has 4 rings (SSSR count). The van der Waals surface area contributed by atoms with E-state index in [4.69, 9.17) is 9.47 Å². The first-order valence-corrected chi connectivity index (χ1v) is 11.8. The molecule has 6 nitrogen and oxygen atoms in total. The van der Waals surface area contributed by atoms with Gasteiger partial charge in [-0.2, -0.15) is 5.10 Å². The van der Waals surface area contributed by atoms with E-state index in [1.54, 1.807) is 7.11 Å². The summed E-state index contributed by atoms with van der Waals surface area (Å²) in [5.41, 5.74) is 5.85. The summed E-state index contributed by atoms with van der Waals surface area (Å²) in [6.45, 7) is 5.81. The lowest BCUT2D eigenvalue weighted by atomic mass is 9.86. The number of aromatic nitrogens is 2.